The highest BCUT2D eigenvalue weighted by molar-refractivity contribution is 5.80. The second-order valence-electron chi connectivity index (χ2n) is 9.97. The zero-order chi connectivity index (χ0) is 23.4. The van der Waals surface area contributed by atoms with Gasteiger partial charge >= 0.3 is 6.09 Å². The van der Waals surface area contributed by atoms with E-state index in [1.165, 1.54) is 6.42 Å². The van der Waals surface area contributed by atoms with Gasteiger partial charge in [0, 0.05) is 45.3 Å². The van der Waals surface area contributed by atoms with E-state index in [1.54, 1.807) is 0 Å². The third-order valence-corrected chi connectivity index (χ3v) is 5.82. The molecule has 1 rings (SSSR count). The van der Waals surface area contributed by atoms with Crippen molar-refractivity contribution in [2.75, 3.05) is 52.9 Å². The van der Waals surface area contributed by atoms with E-state index in [1.807, 2.05) is 32.6 Å². The van der Waals surface area contributed by atoms with Crippen LogP contribution in [0.3, 0.4) is 0 Å². The van der Waals surface area contributed by atoms with E-state index in [9.17, 15) is 4.79 Å². The van der Waals surface area contributed by atoms with Crippen molar-refractivity contribution in [1.82, 2.24) is 20.0 Å². The van der Waals surface area contributed by atoms with E-state index in [0.717, 1.165) is 64.5 Å². The van der Waals surface area contributed by atoms with Crippen LogP contribution in [0.4, 0.5) is 4.79 Å². The minimum atomic E-state index is -0.449. The molecular weight excluding hydrogens is 390 g/mol. The number of guanidine groups is 1. The Kier molecular flexibility index (Phi) is 12.3. The molecule has 0 spiro atoms. The minimum absolute atomic E-state index is 0.199. The highest BCUT2D eigenvalue weighted by Gasteiger charge is 2.27. The Hall–Kier alpha value is -1.50. The SMILES string of the molecule is CCNC(=NCCCCN(C)C(C)C)N1CCC(CN(CC)C(=O)OC(C)(C)C)CC1. The molecule has 7 heteroatoms. The van der Waals surface area contributed by atoms with Gasteiger partial charge in [0.1, 0.15) is 5.60 Å². The third kappa shape index (κ3) is 11.1. The van der Waals surface area contributed by atoms with E-state index < -0.39 is 5.60 Å². The van der Waals surface area contributed by atoms with Crippen LogP contribution in [0, 0.1) is 5.92 Å². The van der Waals surface area contributed by atoms with Gasteiger partial charge in [-0.3, -0.25) is 4.99 Å². The predicted molar refractivity (Wildman–Crippen MR) is 131 cm³/mol. The zero-order valence-corrected chi connectivity index (χ0v) is 21.5. The lowest BCUT2D eigenvalue weighted by Crippen LogP contribution is -2.48. The molecule has 1 fully saturated rings. The van der Waals surface area contributed by atoms with Crippen LogP contribution in [0.15, 0.2) is 4.99 Å². The molecular formula is C24H49N5O2. The molecule has 0 aromatic heterocycles. The lowest BCUT2D eigenvalue weighted by atomic mass is 9.96. The van der Waals surface area contributed by atoms with E-state index >= 15 is 0 Å². The third-order valence-electron chi connectivity index (χ3n) is 5.82. The predicted octanol–water partition coefficient (Wildman–Crippen LogP) is 4.04. The Morgan fingerprint density at radius 3 is 2.35 bits per heavy atom. The number of hydrogen-bond donors (Lipinski definition) is 1. The van der Waals surface area contributed by atoms with E-state index in [2.05, 4.69) is 42.9 Å². The number of amides is 1. The van der Waals surface area contributed by atoms with Gasteiger partial charge in [-0.1, -0.05) is 0 Å². The van der Waals surface area contributed by atoms with Gasteiger partial charge in [-0.15, -0.1) is 0 Å². The summed E-state index contributed by atoms with van der Waals surface area (Å²) in [5.41, 5.74) is -0.449. The quantitative estimate of drug-likeness (QED) is 0.316. The number of nitrogens with one attached hydrogen (secondary N) is 1. The average Bonchev–Trinajstić information content (AvgIpc) is 2.69. The summed E-state index contributed by atoms with van der Waals surface area (Å²) in [5.74, 6) is 1.55. The number of ether oxygens (including phenoxy) is 1. The molecule has 1 N–H and O–H groups in total. The summed E-state index contributed by atoms with van der Waals surface area (Å²) in [4.78, 5) is 23.9. The summed E-state index contributed by atoms with van der Waals surface area (Å²) in [5, 5.41) is 3.46. The highest BCUT2D eigenvalue weighted by atomic mass is 16.6. The molecule has 0 aliphatic carbocycles. The standard InChI is InChI=1S/C24H49N5O2/c1-9-25-22(26-15-11-12-16-27(8)20(3)4)29-17-13-21(14-18-29)19-28(10-2)23(30)31-24(5,6)7/h20-21H,9-19H2,1-8H3,(H,25,26). The Labute approximate surface area is 191 Å². The molecule has 0 atom stereocenters. The largest absolute Gasteiger partial charge is 0.444 e. The number of unbranched alkanes of at least 4 members (excludes halogenated alkanes) is 1. The lowest BCUT2D eigenvalue weighted by Gasteiger charge is -2.36. The number of likely N-dealkylation sites (tertiary alicyclic amines) is 1. The van der Waals surface area contributed by atoms with E-state index in [4.69, 9.17) is 9.73 Å². The molecule has 0 saturated carbocycles. The number of aliphatic imine (C=N–C) groups is 1. The van der Waals surface area contributed by atoms with Crippen molar-refractivity contribution in [3.05, 3.63) is 0 Å². The number of hydrogen-bond acceptors (Lipinski definition) is 4. The number of carbonyl (C=O) groups excluding carboxylic acids is 1. The van der Waals surface area contributed by atoms with E-state index in [-0.39, 0.29) is 6.09 Å². The summed E-state index contributed by atoms with van der Waals surface area (Å²) in [6.45, 7) is 20.7. The van der Waals surface area contributed by atoms with Gasteiger partial charge in [0.05, 0.1) is 0 Å². The lowest BCUT2D eigenvalue weighted by molar-refractivity contribution is 0.0214. The second-order valence-corrected chi connectivity index (χ2v) is 9.97. The van der Waals surface area contributed by atoms with Gasteiger partial charge < -0.3 is 24.8 Å². The molecule has 1 amide bonds. The van der Waals surface area contributed by atoms with Crippen LogP contribution in [0.1, 0.15) is 74.1 Å². The van der Waals surface area contributed by atoms with Crippen molar-refractivity contribution >= 4 is 12.1 Å². The maximum atomic E-state index is 12.4. The van der Waals surface area contributed by atoms with Crippen molar-refractivity contribution in [3.63, 3.8) is 0 Å². The first-order chi connectivity index (χ1) is 14.6. The molecule has 0 bridgehead atoms. The van der Waals surface area contributed by atoms with Crippen molar-refractivity contribution in [2.45, 2.75) is 85.8 Å². The zero-order valence-electron chi connectivity index (χ0n) is 21.5. The Bertz CT molecular complexity index is 537. The van der Waals surface area contributed by atoms with Crippen LogP contribution in [-0.2, 0) is 4.74 Å². The maximum Gasteiger partial charge on any atom is 0.410 e. The van der Waals surface area contributed by atoms with Crippen LogP contribution in [0.2, 0.25) is 0 Å². The smallest absolute Gasteiger partial charge is 0.410 e. The molecule has 0 unspecified atom stereocenters. The first-order valence-corrected chi connectivity index (χ1v) is 12.3. The second kappa shape index (κ2) is 13.8. The fraction of sp³-hybridized carbons (Fsp3) is 0.917. The topological polar surface area (TPSA) is 60.4 Å². The van der Waals surface area contributed by atoms with Gasteiger partial charge in [0.2, 0.25) is 0 Å². The van der Waals surface area contributed by atoms with Gasteiger partial charge in [0.25, 0.3) is 0 Å². The average molecular weight is 440 g/mol. The van der Waals surface area contributed by atoms with Crippen LogP contribution < -0.4 is 5.32 Å². The number of nitrogens with zero attached hydrogens (tertiary/aromatic N) is 4. The molecule has 0 aromatic carbocycles. The van der Waals surface area contributed by atoms with Crippen LogP contribution in [-0.4, -0.2) is 91.3 Å². The molecule has 0 radical (unpaired) electrons. The summed E-state index contributed by atoms with van der Waals surface area (Å²) < 4.78 is 5.56. The first kappa shape index (κ1) is 27.5. The van der Waals surface area contributed by atoms with Crippen LogP contribution in [0.25, 0.3) is 0 Å². The Balaban J connectivity index is 2.48. The summed E-state index contributed by atoms with van der Waals surface area (Å²) >= 11 is 0. The first-order valence-electron chi connectivity index (χ1n) is 12.3. The molecule has 1 aliphatic rings. The molecule has 31 heavy (non-hydrogen) atoms. The monoisotopic (exact) mass is 439 g/mol. The van der Waals surface area contributed by atoms with Gasteiger partial charge in [-0.2, -0.15) is 0 Å². The maximum absolute atomic E-state index is 12.4. The number of rotatable bonds is 10. The Morgan fingerprint density at radius 1 is 1.19 bits per heavy atom. The van der Waals surface area contributed by atoms with Crippen LogP contribution >= 0.6 is 0 Å². The van der Waals surface area contributed by atoms with E-state index in [0.29, 0.717) is 18.5 Å². The molecule has 182 valence electrons. The van der Waals surface area contributed by atoms with Gasteiger partial charge in [-0.05, 0) is 93.7 Å². The summed E-state index contributed by atoms with van der Waals surface area (Å²) in [7, 11) is 2.19. The van der Waals surface area contributed by atoms with Crippen molar-refractivity contribution in [1.29, 1.82) is 0 Å². The molecule has 7 nitrogen and oxygen atoms in total. The Morgan fingerprint density at radius 2 is 1.84 bits per heavy atom. The minimum Gasteiger partial charge on any atom is -0.444 e. The fourth-order valence-electron chi connectivity index (χ4n) is 3.64. The highest BCUT2D eigenvalue weighted by Crippen LogP contribution is 2.20. The van der Waals surface area contributed by atoms with Gasteiger partial charge in [0.15, 0.2) is 5.96 Å². The summed E-state index contributed by atoms with van der Waals surface area (Å²) in [6.07, 6.45) is 4.24. The summed E-state index contributed by atoms with van der Waals surface area (Å²) in [6, 6.07) is 0.598. The fourth-order valence-corrected chi connectivity index (χ4v) is 3.64. The van der Waals surface area contributed by atoms with Crippen molar-refractivity contribution in [3.8, 4) is 0 Å². The van der Waals surface area contributed by atoms with Crippen molar-refractivity contribution in [2.24, 2.45) is 10.9 Å². The van der Waals surface area contributed by atoms with Crippen molar-refractivity contribution < 1.29 is 9.53 Å². The number of carbonyl (C=O) groups is 1. The molecule has 1 heterocycles. The van der Waals surface area contributed by atoms with Crippen LogP contribution in [0.5, 0.6) is 0 Å². The molecule has 1 saturated heterocycles. The molecule has 0 aromatic rings. The molecule has 1 aliphatic heterocycles. The van der Waals surface area contributed by atoms with Gasteiger partial charge in [-0.25, -0.2) is 4.79 Å². The number of piperidine rings is 1. The normalized spacial score (nSPS) is 16.2.